The first-order chi connectivity index (χ1) is 8.02. The van der Waals surface area contributed by atoms with Crippen molar-refractivity contribution in [2.45, 2.75) is 19.5 Å². The Morgan fingerprint density at radius 1 is 1.06 bits per heavy atom. The molecule has 2 aromatic rings. The average molecular weight is 239 g/mol. The summed E-state index contributed by atoms with van der Waals surface area (Å²) in [6.45, 7) is 2.01. The van der Waals surface area contributed by atoms with Crippen molar-refractivity contribution in [2.75, 3.05) is 0 Å². The fourth-order valence-corrected chi connectivity index (χ4v) is 1.79. The minimum absolute atomic E-state index is 0.620. The van der Waals surface area contributed by atoms with E-state index >= 15 is 0 Å². The summed E-state index contributed by atoms with van der Waals surface area (Å²) in [4.78, 5) is 3.05. The van der Waals surface area contributed by atoms with Gasteiger partial charge in [-0.1, -0.05) is 19.1 Å². The zero-order valence-corrected chi connectivity index (χ0v) is 9.31. The zero-order valence-electron chi connectivity index (χ0n) is 9.31. The number of rotatable bonds is 2. The third-order valence-corrected chi connectivity index (χ3v) is 2.72. The largest absolute Gasteiger partial charge is 0.416 e. The predicted molar refractivity (Wildman–Crippen MR) is 60.6 cm³/mol. The highest BCUT2D eigenvalue weighted by Crippen LogP contribution is 2.31. The van der Waals surface area contributed by atoms with Gasteiger partial charge in [-0.3, -0.25) is 0 Å². The number of H-pyrrole nitrogens is 1. The normalized spacial score (nSPS) is 11.8. The van der Waals surface area contributed by atoms with Gasteiger partial charge in [-0.05, 0) is 35.7 Å². The van der Waals surface area contributed by atoms with Gasteiger partial charge in [0.15, 0.2) is 0 Å². The number of halogens is 3. The van der Waals surface area contributed by atoms with Crippen LogP contribution in [0.15, 0.2) is 36.5 Å². The molecule has 0 amide bonds. The molecule has 0 spiro atoms. The van der Waals surface area contributed by atoms with Gasteiger partial charge in [-0.25, -0.2) is 0 Å². The first kappa shape index (κ1) is 11.8. The van der Waals surface area contributed by atoms with Crippen molar-refractivity contribution in [3.63, 3.8) is 0 Å². The van der Waals surface area contributed by atoms with E-state index in [1.807, 2.05) is 13.0 Å². The number of nitrogens with one attached hydrogen (secondary N) is 1. The molecule has 1 aromatic carbocycles. The van der Waals surface area contributed by atoms with E-state index in [2.05, 4.69) is 4.98 Å². The minimum Gasteiger partial charge on any atom is -0.361 e. The van der Waals surface area contributed by atoms with Gasteiger partial charge in [-0.2, -0.15) is 13.2 Å². The number of aryl methyl sites for hydroxylation is 1. The van der Waals surface area contributed by atoms with Crippen molar-refractivity contribution in [1.82, 2.24) is 4.98 Å². The van der Waals surface area contributed by atoms with Crippen LogP contribution in [0.3, 0.4) is 0 Å². The van der Waals surface area contributed by atoms with E-state index < -0.39 is 11.7 Å². The molecule has 0 saturated heterocycles. The molecule has 0 bridgehead atoms. The fourth-order valence-electron chi connectivity index (χ4n) is 1.79. The van der Waals surface area contributed by atoms with Gasteiger partial charge in [0.05, 0.1) is 5.56 Å². The second kappa shape index (κ2) is 4.28. The number of hydrogen-bond acceptors (Lipinski definition) is 0. The maximum Gasteiger partial charge on any atom is 0.416 e. The van der Waals surface area contributed by atoms with Crippen LogP contribution >= 0.6 is 0 Å². The highest BCUT2D eigenvalue weighted by Gasteiger charge is 2.30. The Morgan fingerprint density at radius 3 is 2.24 bits per heavy atom. The molecule has 0 aliphatic heterocycles. The van der Waals surface area contributed by atoms with Crippen LogP contribution in [0.2, 0.25) is 0 Å². The maximum absolute atomic E-state index is 12.4. The maximum atomic E-state index is 12.4. The van der Waals surface area contributed by atoms with Crippen LogP contribution in [0, 0.1) is 0 Å². The Balaban J connectivity index is 2.36. The highest BCUT2D eigenvalue weighted by atomic mass is 19.4. The monoisotopic (exact) mass is 239 g/mol. The molecular weight excluding hydrogens is 227 g/mol. The molecule has 2 rings (SSSR count). The second-order valence-electron chi connectivity index (χ2n) is 3.81. The van der Waals surface area contributed by atoms with E-state index in [4.69, 9.17) is 0 Å². The molecule has 0 unspecified atom stereocenters. The quantitative estimate of drug-likeness (QED) is 0.805. The Morgan fingerprint density at radius 2 is 1.71 bits per heavy atom. The Labute approximate surface area is 97.3 Å². The fraction of sp³-hybridized carbons (Fsp3) is 0.231. The summed E-state index contributed by atoms with van der Waals surface area (Å²) in [5, 5.41) is 0. The van der Waals surface area contributed by atoms with E-state index in [0.717, 1.165) is 35.4 Å². The zero-order chi connectivity index (χ0) is 12.5. The molecule has 0 saturated carbocycles. The van der Waals surface area contributed by atoms with Crippen molar-refractivity contribution in [3.8, 4) is 11.3 Å². The number of benzene rings is 1. The summed E-state index contributed by atoms with van der Waals surface area (Å²) in [7, 11) is 0. The Hall–Kier alpha value is -1.71. The van der Waals surface area contributed by atoms with E-state index in [1.165, 1.54) is 12.1 Å². The highest BCUT2D eigenvalue weighted by molar-refractivity contribution is 5.63. The molecule has 1 heterocycles. The minimum atomic E-state index is -4.28. The standard InChI is InChI=1S/C13H12F3N/c1-2-9-7-8-17-12(9)10-3-5-11(6-4-10)13(14,15)16/h3-8,17H,2H2,1H3. The third kappa shape index (κ3) is 2.35. The lowest BCUT2D eigenvalue weighted by Gasteiger charge is -2.08. The molecular formula is C13H12F3N. The lowest BCUT2D eigenvalue weighted by atomic mass is 10.0. The Bertz CT molecular complexity index is 494. The van der Waals surface area contributed by atoms with Gasteiger partial charge in [0, 0.05) is 11.9 Å². The van der Waals surface area contributed by atoms with Crippen molar-refractivity contribution < 1.29 is 13.2 Å². The van der Waals surface area contributed by atoms with E-state index in [1.54, 1.807) is 6.20 Å². The smallest absolute Gasteiger partial charge is 0.361 e. The predicted octanol–water partition coefficient (Wildman–Crippen LogP) is 4.26. The first-order valence-electron chi connectivity index (χ1n) is 5.36. The number of aromatic nitrogens is 1. The van der Waals surface area contributed by atoms with Crippen LogP contribution < -0.4 is 0 Å². The first-order valence-corrected chi connectivity index (χ1v) is 5.36. The topological polar surface area (TPSA) is 15.8 Å². The molecule has 4 heteroatoms. The van der Waals surface area contributed by atoms with Crippen molar-refractivity contribution >= 4 is 0 Å². The molecule has 0 aliphatic carbocycles. The molecule has 1 aromatic heterocycles. The van der Waals surface area contributed by atoms with Gasteiger partial charge in [0.1, 0.15) is 0 Å². The Kier molecular flexibility index (Phi) is 2.96. The van der Waals surface area contributed by atoms with Crippen molar-refractivity contribution in [2.24, 2.45) is 0 Å². The van der Waals surface area contributed by atoms with E-state index in [-0.39, 0.29) is 0 Å². The van der Waals surface area contributed by atoms with Crippen molar-refractivity contribution in [1.29, 1.82) is 0 Å². The molecule has 0 aliphatic rings. The lowest BCUT2D eigenvalue weighted by molar-refractivity contribution is -0.137. The summed E-state index contributed by atoms with van der Waals surface area (Å²) < 4.78 is 37.2. The summed E-state index contributed by atoms with van der Waals surface area (Å²) in [5.74, 6) is 0. The van der Waals surface area contributed by atoms with Crippen LogP contribution in [0.4, 0.5) is 13.2 Å². The molecule has 0 atom stereocenters. The molecule has 0 radical (unpaired) electrons. The SMILES string of the molecule is CCc1cc[nH]c1-c1ccc(C(F)(F)F)cc1. The van der Waals surface area contributed by atoms with E-state index in [9.17, 15) is 13.2 Å². The van der Waals surface area contributed by atoms with Gasteiger partial charge in [0.25, 0.3) is 0 Å². The number of aromatic amines is 1. The van der Waals surface area contributed by atoms with Gasteiger partial charge >= 0.3 is 6.18 Å². The lowest BCUT2D eigenvalue weighted by Crippen LogP contribution is -2.04. The molecule has 17 heavy (non-hydrogen) atoms. The summed E-state index contributed by atoms with van der Waals surface area (Å²) in [6.07, 6.45) is -1.63. The van der Waals surface area contributed by atoms with Crippen LogP contribution in [-0.4, -0.2) is 4.98 Å². The molecule has 1 N–H and O–H groups in total. The molecule has 90 valence electrons. The van der Waals surface area contributed by atoms with Gasteiger partial charge in [-0.15, -0.1) is 0 Å². The number of hydrogen-bond donors (Lipinski definition) is 1. The van der Waals surface area contributed by atoms with Crippen LogP contribution in [0.5, 0.6) is 0 Å². The summed E-state index contributed by atoms with van der Waals surface area (Å²) in [5.41, 5.74) is 2.15. The summed E-state index contributed by atoms with van der Waals surface area (Å²) in [6, 6.07) is 7.14. The second-order valence-corrected chi connectivity index (χ2v) is 3.81. The van der Waals surface area contributed by atoms with Gasteiger partial charge < -0.3 is 4.98 Å². The van der Waals surface area contributed by atoms with Crippen LogP contribution in [-0.2, 0) is 12.6 Å². The van der Waals surface area contributed by atoms with Gasteiger partial charge in [0.2, 0.25) is 0 Å². The van der Waals surface area contributed by atoms with Crippen LogP contribution in [0.1, 0.15) is 18.1 Å². The van der Waals surface area contributed by atoms with Crippen molar-refractivity contribution in [3.05, 3.63) is 47.7 Å². The summed E-state index contributed by atoms with van der Waals surface area (Å²) >= 11 is 0. The average Bonchev–Trinajstić information content (AvgIpc) is 2.76. The number of alkyl halides is 3. The van der Waals surface area contributed by atoms with Crippen LogP contribution in [0.25, 0.3) is 11.3 Å². The molecule has 0 fully saturated rings. The third-order valence-electron chi connectivity index (χ3n) is 2.72. The molecule has 1 nitrogen and oxygen atoms in total. The van der Waals surface area contributed by atoms with E-state index in [0.29, 0.717) is 0 Å².